The van der Waals surface area contributed by atoms with Gasteiger partial charge in [-0.3, -0.25) is 14.5 Å². The average Bonchev–Trinajstić information content (AvgIpc) is 4.10. The number of methoxy groups -OCH3 is 1. The van der Waals surface area contributed by atoms with E-state index in [1.165, 1.54) is 14.2 Å². The molecule has 62 heavy (non-hydrogen) atoms. The van der Waals surface area contributed by atoms with E-state index in [-0.39, 0.29) is 47.8 Å². The number of anilines is 1. The molecule has 0 unspecified atom stereocenters. The zero-order valence-corrected chi connectivity index (χ0v) is 36.9. The number of rotatable bonds is 11. The van der Waals surface area contributed by atoms with Gasteiger partial charge in [0.1, 0.15) is 23.7 Å². The first-order chi connectivity index (χ1) is 29.7. The molecule has 3 saturated heterocycles. The summed E-state index contributed by atoms with van der Waals surface area (Å²) in [5, 5.41) is 13.1. The number of nitrogens with zero attached hydrogens (tertiary/aromatic N) is 6. The van der Waals surface area contributed by atoms with Crippen molar-refractivity contribution in [2.24, 2.45) is 11.8 Å². The van der Waals surface area contributed by atoms with Crippen LogP contribution in [-0.2, 0) is 14.3 Å². The number of amides is 4. The predicted molar refractivity (Wildman–Crippen MR) is 237 cm³/mol. The smallest absolute Gasteiger partial charge is 0.407 e. The van der Waals surface area contributed by atoms with Gasteiger partial charge in [-0.15, -0.1) is 0 Å². The number of alkyl carbamates (subject to hydrolysis) is 1. The van der Waals surface area contributed by atoms with E-state index in [0.29, 0.717) is 23.9 Å². The highest BCUT2D eigenvalue weighted by molar-refractivity contribution is 6.30. The van der Waals surface area contributed by atoms with Gasteiger partial charge in [0, 0.05) is 30.8 Å². The molecular formula is C46H56ClN9O6. The second-order valence-corrected chi connectivity index (χ2v) is 18.0. The van der Waals surface area contributed by atoms with Gasteiger partial charge >= 0.3 is 12.2 Å². The molecule has 8 rings (SSSR count). The Labute approximate surface area is 366 Å². The van der Waals surface area contributed by atoms with Crippen LogP contribution in [0.3, 0.4) is 0 Å². The van der Waals surface area contributed by atoms with Gasteiger partial charge in [0.05, 0.1) is 53.3 Å². The van der Waals surface area contributed by atoms with Crippen molar-refractivity contribution >= 4 is 63.4 Å². The fourth-order valence-electron chi connectivity index (χ4n) is 9.95. The van der Waals surface area contributed by atoms with Gasteiger partial charge in [-0.25, -0.2) is 19.6 Å². The number of carboxylic acid groups (broad SMARTS) is 1. The van der Waals surface area contributed by atoms with Crippen molar-refractivity contribution in [1.29, 1.82) is 0 Å². The summed E-state index contributed by atoms with van der Waals surface area (Å²) in [7, 11) is 2.75. The number of aromatic nitrogens is 4. The van der Waals surface area contributed by atoms with Crippen LogP contribution >= 0.6 is 11.6 Å². The molecule has 15 nitrogen and oxygen atoms in total. The maximum absolute atomic E-state index is 13.9. The second kappa shape index (κ2) is 17.5. The first kappa shape index (κ1) is 42.8. The van der Waals surface area contributed by atoms with Crippen LogP contribution in [0.15, 0.2) is 60.7 Å². The molecule has 5 heterocycles. The van der Waals surface area contributed by atoms with Crippen molar-refractivity contribution in [3.63, 3.8) is 0 Å². The van der Waals surface area contributed by atoms with Crippen molar-refractivity contribution in [3.05, 3.63) is 88.5 Å². The third-order valence-electron chi connectivity index (χ3n) is 13.0. The largest absolute Gasteiger partial charge is 0.465 e. The quantitative estimate of drug-likeness (QED) is 0.101. The molecule has 0 bridgehead atoms. The molecule has 4 N–H and O–H groups in total. The van der Waals surface area contributed by atoms with Crippen LogP contribution in [0.25, 0.3) is 22.1 Å². The Morgan fingerprint density at radius 1 is 0.758 bits per heavy atom. The monoisotopic (exact) mass is 865 g/mol. The molecule has 328 valence electrons. The number of imidazole rings is 2. The molecule has 16 heteroatoms. The number of benzene rings is 3. The summed E-state index contributed by atoms with van der Waals surface area (Å²) in [6.45, 7) is 8.67. The summed E-state index contributed by atoms with van der Waals surface area (Å²) >= 11 is 6.41. The molecular weight excluding hydrogens is 810 g/mol. The molecule has 6 atom stereocenters. The van der Waals surface area contributed by atoms with E-state index >= 15 is 0 Å². The summed E-state index contributed by atoms with van der Waals surface area (Å²) in [6.07, 6.45) is 3.14. The van der Waals surface area contributed by atoms with E-state index in [1.54, 1.807) is 4.90 Å². The SMILES string of the molecule is COC(=O)N[C@H](C(=O)N1CCC[C@H]1c1nc2cc([C@H]3CC[C@H](c4ccc5[nH]c([C@@H]6CCCN6C(=O)[C@H](C(C)C)N(C)C(=O)O)nc5c4)N3c3ccc(Cl)cc3)ccc2[nH]1)C(C)C. The van der Waals surface area contributed by atoms with E-state index in [4.69, 9.17) is 26.3 Å². The van der Waals surface area contributed by atoms with Gasteiger partial charge in [0.15, 0.2) is 0 Å². The molecule has 3 aliphatic heterocycles. The van der Waals surface area contributed by atoms with E-state index in [2.05, 4.69) is 68.7 Å². The number of carbonyl (C=O) groups is 4. The van der Waals surface area contributed by atoms with Gasteiger partial charge in [0.2, 0.25) is 11.8 Å². The maximum Gasteiger partial charge on any atom is 0.407 e. The first-order valence-electron chi connectivity index (χ1n) is 21.7. The maximum atomic E-state index is 13.9. The zero-order chi connectivity index (χ0) is 44.0. The molecule has 0 radical (unpaired) electrons. The highest BCUT2D eigenvalue weighted by atomic mass is 35.5. The van der Waals surface area contributed by atoms with E-state index in [9.17, 15) is 24.3 Å². The first-order valence-corrected chi connectivity index (χ1v) is 22.1. The number of aromatic amines is 2. The summed E-state index contributed by atoms with van der Waals surface area (Å²) in [6, 6.07) is 18.7. The van der Waals surface area contributed by atoms with Gasteiger partial charge in [0.25, 0.3) is 0 Å². The molecule has 0 saturated carbocycles. The lowest BCUT2D eigenvalue weighted by Crippen LogP contribution is -2.51. The molecule has 5 aromatic rings. The van der Waals surface area contributed by atoms with Crippen LogP contribution < -0.4 is 10.2 Å². The second-order valence-electron chi connectivity index (χ2n) is 17.6. The minimum Gasteiger partial charge on any atom is -0.465 e. The lowest BCUT2D eigenvalue weighted by Gasteiger charge is -2.33. The van der Waals surface area contributed by atoms with Crippen LogP contribution in [0.2, 0.25) is 5.02 Å². The minimum absolute atomic E-state index is 0.0182. The molecule has 2 aromatic heterocycles. The molecule has 3 aliphatic rings. The van der Waals surface area contributed by atoms with Crippen molar-refractivity contribution in [2.75, 3.05) is 32.1 Å². The van der Waals surface area contributed by atoms with Crippen LogP contribution in [-0.4, -0.2) is 103 Å². The minimum atomic E-state index is -1.13. The Balaban J connectivity index is 1.07. The molecule has 0 aliphatic carbocycles. The van der Waals surface area contributed by atoms with E-state index < -0.39 is 24.3 Å². The number of fused-ring (bicyclic) bond motifs is 2. The van der Waals surface area contributed by atoms with Crippen LogP contribution in [0.4, 0.5) is 15.3 Å². The standard InChI is InChI=1S/C46H56ClN9O6/c1-25(2)39(52-45(59)62-6)43(57)54-21-7-9-37(54)41-48-31-17-11-27(23-33(31)50-41)35-19-20-36(56(35)30-15-13-29(47)14-16-30)28-12-18-32-34(24-28)51-42(49-32)38-10-8-22-55(38)44(58)40(26(3)4)53(5)46(60)61/h11-18,23-26,35-40H,7-10,19-22H2,1-6H3,(H,48,50)(H,49,51)(H,52,59)(H,60,61)/t35-,36-,37+,38+,39+,40+/m1/s1. The number of nitrogens with one attached hydrogen (secondary N) is 3. The van der Waals surface area contributed by atoms with Gasteiger partial charge < -0.3 is 39.8 Å². The normalized spacial score (nSPS) is 21.3. The van der Waals surface area contributed by atoms with E-state index in [1.807, 2.05) is 44.7 Å². The van der Waals surface area contributed by atoms with Crippen LogP contribution in [0, 0.1) is 11.8 Å². The highest BCUT2D eigenvalue weighted by Gasteiger charge is 2.41. The topological polar surface area (TPSA) is 180 Å². The summed E-state index contributed by atoms with van der Waals surface area (Å²) < 4.78 is 4.81. The predicted octanol–water partition coefficient (Wildman–Crippen LogP) is 8.52. The summed E-state index contributed by atoms with van der Waals surface area (Å²) in [5.74, 6) is 0.766. The fraction of sp³-hybridized carbons (Fsp3) is 0.478. The van der Waals surface area contributed by atoms with Crippen LogP contribution in [0.1, 0.15) is 113 Å². The number of hydrogen-bond donors (Lipinski definition) is 4. The fourth-order valence-corrected chi connectivity index (χ4v) is 10.1. The Morgan fingerprint density at radius 2 is 1.27 bits per heavy atom. The number of likely N-dealkylation sites (tertiary alicyclic amines) is 2. The van der Waals surface area contributed by atoms with Crippen molar-refractivity contribution in [2.45, 2.75) is 102 Å². The lowest BCUT2D eigenvalue weighted by atomic mass is 10.0. The summed E-state index contributed by atoms with van der Waals surface area (Å²) in [4.78, 5) is 76.1. The van der Waals surface area contributed by atoms with Crippen molar-refractivity contribution in [3.8, 4) is 0 Å². The average molecular weight is 866 g/mol. The molecule has 3 aromatic carbocycles. The Bertz CT molecular complexity index is 2470. The molecule has 3 fully saturated rings. The van der Waals surface area contributed by atoms with Crippen molar-refractivity contribution < 1.29 is 29.0 Å². The third kappa shape index (κ3) is 8.14. The van der Waals surface area contributed by atoms with Gasteiger partial charge in [-0.05, 0) is 110 Å². The number of ether oxygens (including phenoxy) is 1. The molecule has 0 spiro atoms. The number of halogens is 1. The van der Waals surface area contributed by atoms with Gasteiger partial charge in [-0.1, -0.05) is 51.4 Å². The highest BCUT2D eigenvalue weighted by Crippen LogP contribution is 2.48. The molecule has 4 amide bonds. The lowest BCUT2D eigenvalue weighted by molar-refractivity contribution is -0.138. The number of likely N-dealkylation sites (N-methyl/N-ethyl adjacent to an activating group) is 1. The Kier molecular flexibility index (Phi) is 12.1. The van der Waals surface area contributed by atoms with Crippen molar-refractivity contribution in [1.82, 2.24) is 40.0 Å². The van der Waals surface area contributed by atoms with Gasteiger partial charge in [-0.2, -0.15) is 0 Å². The number of H-pyrrole nitrogens is 2. The van der Waals surface area contributed by atoms with E-state index in [0.717, 1.165) is 88.1 Å². The third-order valence-corrected chi connectivity index (χ3v) is 13.3. The number of hydrogen-bond acceptors (Lipinski definition) is 8. The Hall–Kier alpha value is -5.83. The summed E-state index contributed by atoms with van der Waals surface area (Å²) in [5.41, 5.74) is 6.68. The number of carbonyl (C=O) groups excluding carboxylic acids is 3. The Morgan fingerprint density at radius 3 is 1.74 bits per heavy atom. The van der Waals surface area contributed by atoms with Crippen LogP contribution in [0.5, 0.6) is 0 Å². The zero-order valence-electron chi connectivity index (χ0n) is 36.1.